The smallest absolute Gasteiger partial charge is 0.365 e. The average molecular weight is 473 g/mol. The van der Waals surface area contributed by atoms with Gasteiger partial charge in [-0.15, -0.1) is 0 Å². The van der Waals surface area contributed by atoms with E-state index in [2.05, 4.69) is 5.10 Å². The SMILES string of the molecule is CCn1cc(Cn2ccn(-c3cc(N4CCCC(F)(F)C4)cc(C(F)(F)F)c3F)c2=O)cn1. The molecule has 6 nitrogen and oxygen atoms in total. The first kappa shape index (κ1) is 23.0. The van der Waals surface area contributed by atoms with Crippen LogP contribution < -0.4 is 10.6 Å². The van der Waals surface area contributed by atoms with Crippen LogP contribution in [0, 0.1) is 5.82 Å². The van der Waals surface area contributed by atoms with Gasteiger partial charge in [-0.1, -0.05) is 0 Å². The van der Waals surface area contributed by atoms with Gasteiger partial charge in [0.25, 0.3) is 5.92 Å². The summed E-state index contributed by atoms with van der Waals surface area (Å²) in [6.07, 6.45) is 0.354. The number of nitrogens with zero attached hydrogens (tertiary/aromatic N) is 5. The van der Waals surface area contributed by atoms with Gasteiger partial charge in [-0.2, -0.15) is 18.3 Å². The van der Waals surface area contributed by atoms with Crippen LogP contribution in [0.15, 0.2) is 41.7 Å². The zero-order valence-electron chi connectivity index (χ0n) is 17.6. The number of imidazole rings is 1. The van der Waals surface area contributed by atoms with Crippen molar-refractivity contribution in [2.75, 3.05) is 18.0 Å². The van der Waals surface area contributed by atoms with Gasteiger partial charge in [0.1, 0.15) is 0 Å². The maximum absolute atomic E-state index is 14.9. The standard InChI is InChI=1S/C21H21F6N5O/c1-2-31-12-14(10-28-31)11-29-6-7-32(19(29)33)17-9-15(8-16(18(17)22)21(25,26)27)30-5-3-4-20(23,24)13-30/h6-10,12H,2-5,11,13H2,1H3. The van der Waals surface area contributed by atoms with Crippen LogP contribution in [0.1, 0.15) is 30.9 Å². The monoisotopic (exact) mass is 473 g/mol. The van der Waals surface area contributed by atoms with Crippen molar-refractivity contribution in [3.8, 4) is 5.69 Å². The Morgan fingerprint density at radius 3 is 2.58 bits per heavy atom. The summed E-state index contributed by atoms with van der Waals surface area (Å²) < 4.78 is 87.0. The molecule has 0 aliphatic carbocycles. The number of aromatic nitrogens is 4. The molecule has 1 aromatic carbocycles. The van der Waals surface area contributed by atoms with E-state index in [1.807, 2.05) is 6.92 Å². The first-order valence-corrected chi connectivity index (χ1v) is 10.3. The zero-order chi connectivity index (χ0) is 24.0. The Balaban J connectivity index is 1.77. The molecule has 3 aromatic rings. The van der Waals surface area contributed by atoms with Crippen molar-refractivity contribution in [3.63, 3.8) is 0 Å². The lowest BCUT2D eigenvalue weighted by Crippen LogP contribution is -2.42. The van der Waals surface area contributed by atoms with Gasteiger partial charge in [0.15, 0.2) is 5.82 Å². The van der Waals surface area contributed by atoms with E-state index in [1.165, 1.54) is 10.8 Å². The predicted molar refractivity (Wildman–Crippen MR) is 108 cm³/mol. The van der Waals surface area contributed by atoms with E-state index < -0.39 is 41.4 Å². The lowest BCUT2D eigenvalue weighted by Gasteiger charge is -2.34. The van der Waals surface area contributed by atoms with Crippen molar-refractivity contribution in [3.05, 3.63) is 64.3 Å². The zero-order valence-corrected chi connectivity index (χ0v) is 17.6. The lowest BCUT2D eigenvalue weighted by atomic mass is 10.0. The summed E-state index contributed by atoms with van der Waals surface area (Å²) in [6, 6.07) is 1.52. The predicted octanol–water partition coefficient (Wildman–Crippen LogP) is 4.30. The van der Waals surface area contributed by atoms with Crippen molar-refractivity contribution < 1.29 is 26.3 Å². The third-order valence-electron chi connectivity index (χ3n) is 5.57. The third kappa shape index (κ3) is 4.64. The summed E-state index contributed by atoms with van der Waals surface area (Å²) in [4.78, 5) is 14.0. The van der Waals surface area contributed by atoms with E-state index in [0.29, 0.717) is 18.2 Å². The molecule has 0 bridgehead atoms. The molecule has 0 N–H and O–H groups in total. The Labute approximate surface area is 184 Å². The number of anilines is 1. The molecule has 0 spiro atoms. The second-order valence-corrected chi connectivity index (χ2v) is 7.99. The fourth-order valence-corrected chi connectivity index (χ4v) is 3.92. The van der Waals surface area contributed by atoms with E-state index in [1.54, 1.807) is 17.1 Å². The van der Waals surface area contributed by atoms with Crippen molar-refractivity contribution >= 4 is 5.69 Å². The van der Waals surface area contributed by atoms with Crippen LogP contribution in [0.25, 0.3) is 5.69 Å². The van der Waals surface area contributed by atoms with Crippen LogP contribution in [-0.4, -0.2) is 37.9 Å². The molecule has 0 amide bonds. The average Bonchev–Trinajstić information content (AvgIpc) is 3.34. The maximum atomic E-state index is 14.9. The summed E-state index contributed by atoms with van der Waals surface area (Å²) >= 11 is 0. The van der Waals surface area contributed by atoms with Gasteiger partial charge in [0.2, 0.25) is 0 Å². The van der Waals surface area contributed by atoms with Gasteiger partial charge in [-0.05, 0) is 25.5 Å². The highest BCUT2D eigenvalue weighted by Crippen LogP contribution is 2.38. The highest BCUT2D eigenvalue weighted by atomic mass is 19.4. The molecular weight excluding hydrogens is 452 g/mol. The Kier molecular flexibility index (Phi) is 5.79. The fraction of sp³-hybridized carbons (Fsp3) is 0.429. The summed E-state index contributed by atoms with van der Waals surface area (Å²) in [5.74, 6) is -4.72. The van der Waals surface area contributed by atoms with Gasteiger partial charge in [0.05, 0.1) is 30.5 Å². The molecule has 1 aliphatic rings. The number of hydrogen-bond acceptors (Lipinski definition) is 3. The van der Waals surface area contributed by atoms with E-state index in [0.717, 1.165) is 21.7 Å². The Hall–Kier alpha value is -3.18. The summed E-state index contributed by atoms with van der Waals surface area (Å²) in [6.45, 7) is 1.88. The first-order chi connectivity index (χ1) is 15.5. The molecule has 4 rings (SSSR count). The molecule has 12 heteroatoms. The Morgan fingerprint density at radius 1 is 1.18 bits per heavy atom. The normalized spacial score (nSPS) is 16.4. The highest BCUT2D eigenvalue weighted by molar-refractivity contribution is 5.58. The van der Waals surface area contributed by atoms with Gasteiger partial charge in [-0.25, -0.2) is 18.0 Å². The second-order valence-electron chi connectivity index (χ2n) is 7.99. The van der Waals surface area contributed by atoms with Crippen LogP contribution in [0.2, 0.25) is 0 Å². The third-order valence-corrected chi connectivity index (χ3v) is 5.57. The van der Waals surface area contributed by atoms with Crippen LogP contribution in [0.4, 0.5) is 32.0 Å². The molecule has 1 saturated heterocycles. The quantitative estimate of drug-likeness (QED) is 0.520. The largest absolute Gasteiger partial charge is 0.419 e. The van der Waals surface area contributed by atoms with Crippen molar-refractivity contribution in [1.82, 2.24) is 18.9 Å². The molecular formula is C21H21F6N5O. The minimum absolute atomic E-state index is 0.0723. The van der Waals surface area contributed by atoms with E-state index in [-0.39, 0.29) is 31.6 Å². The molecule has 0 saturated carbocycles. The minimum atomic E-state index is -5.08. The van der Waals surface area contributed by atoms with Gasteiger partial charge < -0.3 is 4.90 Å². The van der Waals surface area contributed by atoms with Crippen molar-refractivity contribution in [2.45, 2.75) is 45.0 Å². The summed E-state index contributed by atoms with van der Waals surface area (Å²) in [7, 11) is 0. The molecule has 0 unspecified atom stereocenters. The molecule has 178 valence electrons. The first-order valence-electron chi connectivity index (χ1n) is 10.3. The van der Waals surface area contributed by atoms with E-state index in [4.69, 9.17) is 0 Å². The number of rotatable bonds is 5. The molecule has 33 heavy (non-hydrogen) atoms. The molecule has 0 radical (unpaired) electrons. The lowest BCUT2D eigenvalue weighted by molar-refractivity contribution is -0.139. The summed E-state index contributed by atoms with van der Waals surface area (Å²) in [5, 5.41) is 4.10. The maximum Gasteiger partial charge on any atom is 0.419 e. The number of piperidine rings is 1. The van der Waals surface area contributed by atoms with Crippen LogP contribution in [0.5, 0.6) is 0 Å². The number of aryl methyl sites for hydroxylation is 1. The topological polar surface area (TPSA) is 48.0 Å². The molecule has 1 aliphatic heterocycles. The highest BCUT2D eigenvalue weighted by Gasteiger charge is 2.39. The van der Waals surface area contributed by atoms with Crippen LogP contribution in [0.3, 0.4) is 0 Å². The van der Waals surface area contributed by atoms with Crippen LogP contribution >= 0.6 is 0 Å². The number of alkyl halides is 5. The van der Waals surface area contributed by atoms with Gasteiger partial charge in [-0.3, -0.25) is 13.8 Å². The fourth-order valence-electron chi connectivity index (χ4n) is 3.92. The minimum Gasteiger partial charge on any atom is -0.365 e. The molecule has 2 aromatic heterocycles. The molecule has 0 atom stereocenters. The van der Waals surface area contributed by atoms with Gasteiger partial charge in [0, 0.05) is 49.4 Å². The van der Waals surface area contributed by atoms with Gasteiger partial charge >= 0.3 is 11.9 Å². The van der Waals surface area contributed by atoms with E-state index >= 15 is 0 Å². The summed E-state index contributed by atoms with van der Waals surface area (Å²) in [5.41, 5.74) is -2.58. The number of benzene rings is 1. The number of halogens is 6. The Bertz CT molecular complexity index is 1210. The Morgan fingerprint density at radius 2 is 1.94 bits per heavy atom. The van der Waals surface area contributed by atoms with Crippen molar-refractivity contribution in [1.29, 1.82) is 0 Å². The molecule has 1 fully saturated rings. The molecule has 3 heterocycles. The second kappa shape index (κ2) is 8.31. The van der Waals surface area contributed by atoms with Crippen LogP contribution in [-0.2, 0) is 19.3 Å². The van der Waals surface area contributed by atoms with E-state index in [9.17, 15) is 31.1 Å². The van der Waals surface area contributed by atoms with Crippen molar-refractivity contribution in [2.24, 2.45) is 0 Å². The number of hydrogen-bond donors (Lipinski definition) is 0.